The predicted molar refractivity (Wildman–Crippen MR) is 59.8 cm³/mol. The fraction of sp³-hybridized carbons (Fsp3) is 0.462. The molecule has 0 saturated heterocycles. The van der Waals surface area contributed by atoms with Crippen molar-refractivity contribution in [2.75, 3.05) is 0 Å². The first kappa shape index (κ1) is 11.0. The molecule has 0 unspecified atom stereocenters. The summed E-state index contributed by atoms with van der Waals surface area (Å²) in [7, 11) is 0. The van der Waals surface area contributed by atoms with Crippen molar-refractivity contribution < 1.29 is 4.79 Å². The van der Waals surface area contributed by atoms with Gasteiger partial charge >= 0.3 is 0 Å². The molecule has 0 aliphatic rings. The van der Waals surface area contributed by atoms with E-state index in [0.717, 1.165) is 16.7 Å². The molecule has 1 nitrogen and oxygen atoms in total. The minimum atomic E-state index is 0.0788. The summed E-state index contributed by atoms with van der Waals surface area (Å²) in [4.78, 5) is 11.9. The van der Waals surface area contributed by atoms with Crippen LogP contribution in [0.2, 0.25) is 0 Å². The van der Waals surface area contributed by atoms with Crippen LogP contribution in [0.15, 0.2) is 12.1 Å². The van der Waals surface area contributed by atoms with Gasteiger partial charge in [0.25, 0.3) is 0 Å². The van der Waals surface area contributed by atoms with Gasteiger partial charge in [0.1, 0.15) is 0 Å². The maximum atomic E-state index is 11.9. The molecule has 0 aromatic heterocycles. The molecule has 0 spiro atoms. The zero-order chi connectivity index (χ0) is 10.9. The Morgan fingerprint density at radius 2 is 1.50 bits per heavy atom. The van der Waals surface area contributed by atoms with Crippen molar-refractivity contribution in [2.45, 2.75) is 34.6 Å². The fourth-order valence-corrected chi connectivity index (χ4v) is 1.86. The van der Waals surface area contributed by atoms with Gasteiger partial charge in [0.2, 0.25) is 0 Å². The van der Waals surface area contributed by atoms with Crippen molar-refractivity contribution in [1.29, 1.82) is 0 Å². The van der Waals surface area contributed by atoms with Crippen molar-refractivity contribution in [2.24, 2.45) is 5.92 Å². The highest BCUT2D eigenvalue weighted by Crippen LogP contribution is 2.19. The number of hydrogen-bond acceptors (Lipinski definition) is 1. The second-order valence-electron chi connectivity index (χ2n) is 4.29. The molecule has 0 atom stereocenters. The van der Waals surface area contributed by atoms with E-state index in [1.165, 1.54) is 5.56 Å². The average molecular weight is 190 g/mol. The van der Waals surface area contributed by atoms with Crippen molar-refractivity contribution in [3.63, 3.8) is 0 Å². The normalized spacial score (nSPS) is 10.7. The lowest BCUT2D eigenvalue weighted by atomic mass is 9.92. The smallest absolute Gasteiger partial charge is 0.165 e. The van der Waals surface area contributed by atoms with E-state index in [1.54, 1.807) is 0 Å². The highest BCUT2D eigenvalue weighted by atomic mass is 16.1. The summed E-state index contributed by atoms with van der Waals surface area (Å²) < 4.78 is 0. The van der Waals surface area contributed by atoms with E-state index < -0.39 is 0 Å². The van der Waals surface area contributed by atoms with E-state index in [-0.39, 0.29) is 11.7 Å². The summed E-state index contributed by atoms with van der Waals surface area (Å²) in [6, 6.07) is 4.14. The van der Waals surface area contributed by atoms with Crippen LogP contribution >= 0.6 is 0 Å². The fourth-order valence-electron chi connectivity index (χ4n) is 1.86. The van der Waals surface area contributed by atoms with Gasteiger partial charge in [-0.2, -0.15) is 0 Å². The number of hydrogen-bond donors (Lipinski definition) is 0. The topological polar surface area (TPSA) is 17.1 Å². The van der Waals surface area contributed by atoms with Crippen LogP contribution in [0.1, 0.15) is 40.9 Å². The van der Waals surface area contributed by atoms with Gasteiger partial charge in [-0.25, -0.2) is 0 Å². The highest BCUT2D eigenvalue weighted by molar-refractivity contribution is 6.00. The number of carbonyl (C=O) groups excluding carboxylic acids is 1. The minimum Gasteiger partial charge on any atom is -0.294 e. The Hall–Kier alpha value is -1.11. The molecule has 1 aromatic rings. The molecule has 0 amide bonds. The lowest BCUT2D eigenvalue weighted by Gasteiger charge is -2.12. The van der Waals surface area contributed by atoms with Crippen molar-refractivity contribution in [3.05, 3.63) is 34.4 Å². The van der Waals surface area contributed by atoms with Crippen LogP contribution in [0.3, 0.4) is 0 Å². The van der Waals surface area contributed by atoms with Gasteiger partial charge in [-0.05, 0) is 31.9 Å². The molecule has 76 valence electrons. The van der Waals surface area contributed by atoms with Gasteiger partial charge in [-0.1, -0.05) is 31.5 Å². The molecule has 1 heteroatoms. The summed E-state index contributed by atoms with van der Waals surface area (Å²) in [6.45, 7) is 9.97. The van der Waals surface area contributed by atoms with E-state index in [4.69, 9.17) is 0 Å². The van der Waals surface area contributed by atoms with Gasteiger partial charge < -0.3 is 0 Å². The average Bonchev–Trinajstić information content (AvgIpc) is 2.01. The molecule has 0 aliphatic carbocycles. The maximum absolute atomic E-state index is 11.9. The van der Waals surface area contributed by atoms with Gasteiger partial charge in [0.05, 0.1) is 0 Å². The SMILES string of the molecule is Cc1cc(C)c(C(=O)C(C)C)c(C)c1. The molecule has 1 aromatic carbocycles. The van der Waals surface area contributed by atoms with Crippen molar-refractivity contribution >= 4 is 5.78 Å². The Balaban J connectivity index is 3.28. The Morgan fingerprint density at radius 3 is 1.86 bits per heavy atom. The molecular weight excluding hydrogens is 172 g/mol. The first-order valence-electron chi connectivity index (χ1n) is 5.05. The lowest BCUT2D eigenvalue weighted by molar-refractivity contribution is 0.0938. The second-order valence-corrected chi connectivity index (χ2v) is 4.29. The van der Waals surface area contributed by atoms with E-state index in [1.807, 2.05) is 27.7 Å². The number of ketones is 1. The summed E-state index contributed by atoms with van der Waals surface area (Å²) in [5.41, 5.74) is 4.33. The maximum Gasteiger partial charge on any atom is 0.165 e. The first-order valence-corrected chi connectivity index (χ1v) is 5.05. The molecule has 14 heavy (non-hydrogen) atoms. The zero-order valence-electron chi connectivity index (χ0n) is 9.64. The molecule has 0 radical (unpaired) electrons. The van der Waals surface area contributed by atoms with Crippen molar-refractivity contribution in [1.82, 2.24) is 0 Å². The summed E-state index contributed by atoms with van der Waals surface area (Å²) in [6.07, 6.45) is 0. The Labute approximate surface area is 86.1 Å². The molecule has 0 aliphatic heterocycles. The first-order chi connectivity index (χ1) is 6.43. The van der Waals surface area contributed by atoms with Gasteiger partial charge in [-0.3, -0.25) is 4.79 Å². The number of aryl methyl sites for hydroxylation is 3. The molecule has 0 heterocycles. The van der Waals surface area contributed by atoms with E-state index in [0.29, 0.717) is 0 Å². The van der Waals surface area contributed by atoms with Crippen LogP contribution in [0.4, 0.5) is 0 Å². The standard InChI is InChI=1S/C13H18O/c1-8(2)13(14)12-10(4)6-9(3)7-11(12)5/h6-8H,1-5H3. The largest absolute Gasteiger partial charge is 0.294 e. The lowest BCUT2D eigenvalue weighted by Crippen LogP contribution is -2.11. The molecule has 0 saturated carbocycles. The summed E-state index contributed by atoms with van der Waals surface area (Å²) >= 11 is 0. The Morgan fingerprint density at radius 1 is 1.07 bits per heavy atom. The van der Waals surface area contributed by atoms with Gasteiger partial charge in [-0.15, -0.1) is 0 Å². The molecule has 0 fully saturated rings. The van der Waals surface area contributed by atoms with Gasteiger partial charge in [0.15, 0.2) is 5.78 Å². The third-order valence-corrected chi connectivity index (χ3v) is 2.45. The Bertz CT molecular complexity index is 338. The van der Waals surface area contributed by atoms with Crippen molar-refractivity contribution in [3.8, 4) is 0 Å². The quantitative estimate of drug-likeness (QED) is 0.653. The van der Waals surface area contributed by atoms with Crippen LogP contribution < -0.4 is 0 Å². The molecule has 0 N–H and O–H groups in total. The molecule has 0 bridgehead atoms. The Kier molecular flexibility index (Phi) is 3.10. The number of Topliss-reactive ketones (excluding diaryl/α,β-unsaturated/α-hetero) is 1. The van der Waals surface area contributed by atoms with Crippen LogP contribution in [0.5, 0.6) is 0 Å². The summed E-state index contributed by atoms with van der Waals surface area (Å²) in [5.74, 6) is 0.329. The van der Waals surface area contributed by atoms with E-state index in [2.05, 4.69) is 19.1 Å². The van der Waals surface area contributed by atoms with Crippen LogP contribution in [-0.4, -0.2) is 5.78 Å². The zero-order valence-corrected chi connectivity index (χ0v) is 9.64. The van der Waals surface area contributed by atoms with Gasteiger partial charge in [0, 0.05) is 11.5 Å². The monoisotopic (exact) mass is 190 g/mol. The van der Waals surface area contributed by atoms with Crippen LogP contribution in [0.25, 0.3) is 0 Å². The predicted octanol–water partition coefficient (Wildman–Crippen LogP) is 3.45. The number of benzene rings is 1. The third-order valence-electron chi connectivity index (χ3n) is 2.45. The van der Waals surface area contributed by atoms with Crippen LogP contribution in [0, 0.1) is 26.7 Å². The number of rotatable bonds is 2. The summed E-state index contributed by atoms with van der Waals surface area (Å²) in [5, 5.41) is 0. The highest BCUT2D eigenvalue weighted by Gasteiger charge is 2.15. The molecular formula is C13H18O. The van der Waals surface area contributed by atoms with E-state index >= 15 is 0 Å². The number of carbonyl (C=O) groups is 1. The third kappa shape index (κ3) is 2.03. The minimum absolute atomic E-state index is 0.0788. The second kappa shape index (κ2) is 3.95. The molecule has 1 rings (SSSR count). The van der Waals surface area contributed by atoms with E-state index in [9.17, 15) is 4.79 Å². The van der Waals surface area contributed by atoms with Crippen LogP contribution in [-0.2, 0) is 0 Å².